The Hall–Kier alpha value is -0.880. The first kappa shape index (κ1) is 15.5. The molecule has 20 heavy (non-hydrogen) atoms. The zero-order valence-corrected chi connectivity index (χ0v) is 13.7. The molecule has 0 bridgehead atoms. The van der Waals surface area contributed by atoms with Crippen LogP contribution in [0.15, 0.2) is 10.8 Å². The van der Waals surface area contributed by atoms with Crippen molar-refractivity contribution in [1.82, 2.24) is 9.97 Å². The average molecular weight is 343 g/mol. The van der Waals surface area contributed by atoms with Crippen molar-refractivity contribution in [3.63, 3.8) is 0 Å². The predicted molar refractivity (Wildman–Crippen MR) is 85.2 cm³/mol. The largest absolute Gasteiger partial charge is 0.391 e. The molecule has 0 spiro atoms. The van der Waals surface area contributed by atoms with Crippen LogP contribution in [0.3, 0.4) is 0 Å². The van der Waals surface area contributed by atoms with Crippen molar-refractivity contribution in [2.75, 3.05) is 23.8 Å². The van der Waals surface area contributed by atoms with Crippen LogP contribution in [-0.2, 0) is 0 Å². The van der Waals surface area contributed by atoms with Crippen LogP contribution < -0.4 is 10.2 Å². The van der Waals surface area contributed by atoms with Crippen LogP contribution in [0.1, 0.15) is 39.0 Å². The fourth-order valence-corrected chi connectivity index (χ4v) is 3.30. The molecule has 2 rings (SSSR count). The number of nitrogens with zero attached hydrogens (tertiary/aromatic N) is 3. The molecule has 1 saturated carbocycles. The summed E-state index contributed by atoms with van der Waals surface area (Å²) in [4.78, 5) is 10.7. The molecule has 2 atom stereocenters. The minimum absolute atomic E-state index is 0.133. The van der Waals surface area contributed by atoms with E-state index in [1.165, 1.54) is 0 Å². The Morgan fingerprint density at radius 1 is 1.40 bits per heavy atom. The maximum atomic E-state index is 10.2. The summed E-state index contributed by atoms with van der Waals surface area (Å²) >= 11 is 3.59. The molecule has 0 aliphatic heterocycles. The summed E-state index contributed by atoms with van der Waals surface area (Å²) < 4.78 is 0.869. The zero-order valence-electron chi connectivity index (χ0n) is 12.1. The molecule has 0 amide bonds. The van der Waals surface area contributed by atoms with E-state index in [1.807, 2.05) is 7.05 Å². The van der Waals surface area contributed by atoms with Gasteiger partial charge in [-0.15, -0.1) is 0 Å². The summed E-state index contributed by atoms with van der Waals surface area (Å²) in [7, 11) is 2.00. The van der Waals surface area contributed by atoms with Crippen LogP contribution >= 0.6 is 15.9 Å². The van der Waals surface area contributed by atoms with E-state index in [-0.39, 0.29) is 12.1 Å². The summed E-state index contributed by atoms with van der Waals surface area (Å²) in [5.74, 6) is 1.65. The summed E-state index contributed by atoms with van der Waals surface area (Å²) in [5.41, 5.74) is 0. The second-order valence-corrected chi connectivity index (χ2v) is 6.11. The SMILES string of the molecule is CCCNc1ncnc(N(C)C2CCCCC2O)c1Br. The second-order valence-electron chi connectivity index (χ2n) is 5.32. The fourth-order valence-electron chi connectivity index (χ4n) is 2.67. The summed E-state index contributed by atoms with van der Waals surface area (Å²) in [5, 5.41) is 13.5. The highest BCUT2D eigenvalue weighted by atomic mass is 79.9. The molecule has 112 valence electrons. The highest BCUT2D eigenvalue weighted by Gasteiger charge is 2.28. The van der Waals surface area contributed by atoms with E-state index in [0.29, 0.717) is 0 Å². The van der Waals surface area contributed by atoms with Crippen LogP contribution in [0.2, 0.25) is 0 Å². The van der Waals surface area contributed by atoms with E-state index in [2.05, 4.69) is 43.0 Å². The standard InChI is InChI=1S/C14H23BrN4O/c1-3-8-16-13-12(15)14(18-9-17-13)19(2)10-6-4-5-7-11(10)20/h9-11,20H,3-8H2,1-2H3,(H,16,17,18). The lowest BCUT2D eigenvalue weighted by atomic mass is 9.91. The number of anilines is 2. The Labute approximate surface area is 128 Å². The molecule has 0 saturated heterocycles. The van der Waals surface area contributed by atoms with Crippen LogP contribution in [-0.4, -0.2) is 40.8 Å². The summed E-state index contributed by atoms with van der Waals surface area (Å²) in [6.07, 6.45) is 6.50. The molecule has 2 N–H and O–H groups in total. The first-order chi connectivity index (χ1) is 9.65. The first-order valence-electron chi connectivity index (χ1n) is 7.30. The molecule has 1 aromatic rings. The van der Waals surface area contributed by atoms with Gasteiger partial charge in [-0.1, -0.05) is 19.8 Å². The van der Waals surface area contributed by atoms with E-state index in [4.69, 9.17) is 0 Å². The van der Waals surface area contributed by atoms with Crippen molar-refractivity contribution in [2.45, 2.75) is 51.2 Å². The molecule has 1 heterocycles. The van der Waals surface area contributed by atoms with Crippen LogP contribution in [0.5, 0.6) is 0 Å². The van der Waals surface area contributed by atoms with Crippen molar-refractivity contribution in [3.8, 4) is 0 Å². The number of hydrogen-bond acceptors (Lipinski definition) is 5. The number of likely N-dealkylation sites (N-methyl/N-ethyl adjacent to an activating group) is 1. The predicted octanol–water partition coefficient (Wildman–Crippen LogP) is 2.80. The van der Waals surface area contributed by atoms with Gasteiger partial charge in [-0.3, -0.25) is 0 Å². The third-order valence-corrected chi connectivity index (χ3v) is 4.57. The van der Waals surface area contributed by atoms with Gasteiger partial charge in [0.2, 0.25) is 0 Å². The highest BCUT2D eigenvalue weighted by Crippen LogP contribution is 2.33. The van der Waals surface area contributed by atoms with E-state index in [0.717, 1.165) is 54.8 Å². The van der Waals surface area contributed by atoms with Crippen molar-refractivity contribution in [2.24, 2.45) is 0 Å². The number of rotatable bonds is 5. The molecular formula is C14H23BrN4O. The Morgan fingerprint density at radius 3 is 2.85 bits per heavy atom. The average Bonchev–Trinajstić information content (AvgIpc) is 2.46. The van der Waals surface area contributed by atoms with Crippen LogP contribution in [0.25, 0.3) is 0 Å². The third kappa shape index (κ3) is 3.41. The lowest BCUT2D eigenvalue weighted by Gasteiger charge is -2.36. The molecule has 0 aromatic carbocycles. The van der Waals surface area contributed by atoms with Gasteiger partial charge < -0.3 is 15.3 Å². The molecule has 6 heteroatoms. The highest BCUT2D eigenvalue weighted by molar-refractivity contribution is 9.10. The van der Waals surface area contributed by atoms with E-state index < -0.39 is 0 Å². The van der Waals surface area contributed by atoms with E-state index >= 15 is 0 Å². The maximum Gasteiger partial charge on any atom is 0.148 e. The van der Waals surface area contributed by atoms with Gasteiger partial charge in [0.05, 0.1) is 12.1 Å². The van der Waals surface area contributed by atoms with Crippen molar-refractivity contribution >= 4 is 27.6 Å². The van der Waals surface area contributed by atoms with E-state index in [9.17, 15) is 5.11 Å². The van der Waals surface area contributed by atoms with Gasteiger partial charge in [0.1, 0.15) is 22.4 Å². The lowest BCUT2D eigenvalue weighted by Crippen LogP contribution is -2.44. The minimum atomic E-state index is -0.275. The monoisotopic (exact) mass is 342 g/mol. The van der Waals surface area contributed by atoms with Gasteiger partial charge in [0.15, 0.2) is 0 Å². The van der Waals surface area contributed by atoms with Crippen molar-refractivity contribution < 1.29 is 5.11 Å². The topological polar surface area (TPSA) is 61.3 Å². The van der Waals surface area contributed by atoms with Gasteiger partial charge in [-0.2, -0.15) is 0 Å². The number of halogens is 1. The number of aliphatic hydroxyl groups excluding tert-OH is 1. The van der Waals surface area contributed by atoms with Crippen LogP contribution in [0.4, 0.5) is 11.6 Å². The molecule has 1 fully saturated rings. The zero-order chi connectivity index (χ0) is 14.5. The summed E-state index contributed by atoms with van der Waals surface area (Å²) in [6, 6.07) is 0.133. The summed E-state index contributed by atoms with van der Waals surface area (Å²) in [6.45, 7) is 3.00. The number of aliphatic hydroxyl groups is 1. The smallest absolute Gasteiger partial charge is 0.148 e. The molecule has 5 nitrogen and oxygen atoms in total. The second kappa shape index (κ2) is 7.22. The Balaban J connectivity index is 2.18. The molecule has 2 unspecified atom stereocenters. The molecular weight excluding hydrogens is 320 g/mol. The Kier molecular flexibility index (Phi) is 5.60. The minimum Gasteiger partial charge on any atom is -0.391 e. The van der Waals surface area contributed by atoms with Gasteiger partial charge >= 0.3 is 0 Å². The van der Waals surface area contributed by atoms with Crippen LogP contribution in [0, 0.1) is 0 Å². The van der Waals surface area contributed by atoms with Gasteiger partial charge in [-0.05, 0) is 35.2 Å². The fraction of sp³-hybridized carbons (Fsp3) is 0.714. The number of nitrogens with one attached hydrogen (secondary N) is 1. The lowest BCUT2D eigenvalue weighted by molar-refractivity contribution is 0.106. The first-order valence-corrected chi connectivity index (χ1v) is 8.09. The Morgan fingerprint density at radius 2 is 2.15 bits per heavy atom. The van der Waals surface area contributed by atoms with Gasteiger partial charge in [0.25, 0.3) is 0 Å². The number of hydrogen-bond donors (Lipinski definition) is 2. The van der Waals surface area contributed by atoms with Crippen molar-refractivity contribution in [1.29, 1.82) is 0 Å². The normalized spacial score (nSPS) is 22.6. The maximum absolute atomic E-state index is 10.2. The molecule has 1 aliphatic carbocycles. The molecule has 0 radical (unpaired) electrons. The van der Waals surface area contributed by atoms with Gasteiger partial charge in [0, 0.05) is 13.6 Å². The molecule has 1 aliphatic rings. The van der Waals surface area contributed by atoms with E-state index in [1.54, 1.807) is 6.33 Å². The van der Waals surface area contributed by atoms with Crippen molar-refractivity contribution in [3.05, 3.63) is 10.8 Å². The Bertz CT molecular complexity index is 443. The number of aromatic nitrogens is 2. The third-order valence-electron chi connectivity index (χ3n) is 3.84. The quantitative estimate of drug-likeness (QED) is 0.861. The molecule has 1 aromatic heterocycles. The van der Waals surface area contributed by atoms with Gasteiger partial charge in [-0.25, -0.2) is 9.97 Å².